The van der Waals surface area contributed by atoms with Crippen LogP contribution in [0.25, 0.3) is 4.72 Å². The summed E-state index contributed by atoms with van der Waals surface area (Å²) < 4.78 is 31.9. The lowest BCUT2D eigenvalue weighted by Gasteiger charge is -2.11. The first-order chi connectivity index (χ1) is 7.97. The van der Waals surface area contributed by atoms with Gasteiger partial charge in [-0.2, -0.15) is 0 Å². The number of nitrogens with two attached hydrogens (primary N) is 1. The van der Waals surface area contributed by atoms with Gasteiger partial charge in [0.05, 0.1) is 4.90 Å². The number of hydrogen-bond acceptors (Lipinski definition) is 5. The molecule has 17 heavy (non-hydrogen) atoms. The molecule has 0 saturated heterocycles. The molecule has 0 amide bonds. The van der Waals surface area contributed by atoms with E-state index >= 15 is 0 Å². The Morgan fingerprint density at radius 3 is 2.47 bits per heavy atom. The number of benzene rings is 1. The van der Waals surface area contributed by atoms with Crippen LogP contribution < -0.4 is 5.73 Å². The largest absolute Gasteiger partial charge is 0.460 e. The first-order valence-electron chi connectivity index (χ1n) is 4.74. The molecular weight excluding hydrogens is 242 g/mol. The van der Waals surface area contributed by atoms with Crippen molar-refractivity contribution in [2.75, 3.05) is 5.73 Å². The van der Waals surface area contributed by atoms with Gasteiger partial charge in [0.15, 0.2) is 0 Å². The molecule has 0 bridgehead atoms. The maximum Gasteiger partial charge on any atom is 0.202 e. The molecule has 0 aliphatic carbocycles. The van der Waals surface area contributed by atoms with E-state index in [4.69, 9.17) is 10.3 Å². The molecule has 2 rings (SSSR count). The lowest BCUT2D eigenvalue weighted by molar-refractivity contribution is 0.401. The van der Waals surface area contributed by atoms with Gasteiger partial charge in [-0.3, -0.25) is 5.16 Å². The molecule has 0 aliphatic rings. The summed E-state index contributed by atoms with van der Waals surface area (Å²) in [7, 11) is -3.77. The standard InChI is InChI=1S/C10H10N3O3S/c1-7-6-10(12-16-7)13-17(14,15)9-4-2-8(11)3-5-9/h2-6H,11H2,1H3/q-1. The van der Waals surface area contributed by atoms with Crippen LogP contribution in [0.1, 0.15) is 5.76 Å². The molecule has 0 saturated carbocycles. The Hall–Kier alpha value is -2.02. The molecule has 0 spiro atoms. The average molecular weight is 252 g/mol. The predicted molar refractivity (Wildman–Crippen MR) is 62.3 cm³/mol. The fourth-order valence-electron chi connectivity index (χ4n) is 1.21. The Morgan fingerprint density at radius 1 is 1.29 bits per heavy atom. The van der Waals surface area contributed by atoms with Gasteiger partial charge in [0, 0.05) is 5.69 Å². The van der Waals surface area contributed by atoms with Crippen molar-refractivity contribution < 1.29 is 12.9 Å². The average Bonchev–Trinajstić information content (AvgIpc) is 2.63. The monoisotopic (exact) mass is 252 g/mol. The summed E-state index contributed by atoms with van der Waals surface area (Å²) in [5.41, 5.74) is 5.96. The number of rotatable bonds is 3. The molecule has 7 heteroatoms. The van der Waals surface area contributed by atoms with Crippen LogP contribution in [0.2, 0.25) is 0 Å². The highest BCUT2D eigenvalue weighted by molar-refractivity contribution is 7.94. The zero-order chi connectivity index (χ0) is 12.5. The predicted octanol–water partition coefficient (Wildman–Crippen LogP) is 1.96. The third-order valence-corrected chi connectivity index (χ3v) is 3.30. The number of aryl methyl sites for hydroxylation is 1. The van der Waals surface area contributed by atoms with Gasteiger partial charge in [0.1, 0.15) is 5.76 Å². The van der Waals surface area contributed by atoms with Crippen LogP contribution in [0.5, 0.6) is 0 Å². The summed E-state index contributed by atoms with van der Waals surface area (Å²) in [6.07, 6.45) is 0. The number of aromatic nitrogens is 1. The molecule has 1 heterocycles. The van der Waals surface area contributed by atoms with Gasteiger partial charge >= 0.3 is 0 Å². The quantitative estimate of drug-likeness (QED) is 0.841. The molecule has 2 N–H and O–H groups in total. The maximum atomic E-state index is 11.8. The second kappa shape index (κ2) is 4.10. The molecule has 1 aromatic carbocycles. The minimum Gasteiger partial charge on any atom is -0.460 e. The van der Waals surface area contributed by atoms with Gasteiger partial charge in [-0.15, -0.1) is 0 Å². The van der Waals surface area contributed by atoms with Crippen molar-refractivity contribution in [1.29, 1.82) is 0 Å². The second-order valence-electron chi connectivity index (χ2n) is 3.43. The third kappa shape index (κ3) is 2.56. The highest BCUT2D eigenvalue weighted by Gasteiger charge is 2.09. The third-order valence-electron chi connectivity index (χ3n) is 2.01. The molecule has 0 atom stereocenters. The molecule has 6 nitrogen and oxygen atoms in total. The van der Waals surface area contributed by atoms with Crippen molar-refractivity contribution in [2.24, 2.45) is 0 Å². The number of anilines is 1. The molecule has 0 aliphatic heterocycles. The summed E-state index contributed by atoms with van der Waals surface area (Å²) >= 11 is 0. The van der Waals surface area contributed by atoms with Crippen LogP contribution >= 0.6 is 0 Å². The molecular formula is C10H10N3O3S-. The lowest BCUT2D eigenvalue weighted by Crippen LogP contribution is -1.98. The summed E-state index contributed by atoms with van der Waals surface area (Å²) in [5, 5.41) is 3.50. The fraction of sp³-hybridized carbons (Fsp3) is 0.100. The van der Waals surface area contributed by atoms with E-state index < -0.39 is 10.0 Å². The van der Waals surface area contributed by atoms with Crippen molar-refractivity contribution in [1.82, 2.24) is 5.16 Å². The first-order valence-corrected chi connectivity index (χ1v) is 6.18. The number of sulfonamides is 1. The fourth-order valence-corrected chi connectivity index (χ4v) is 2.13. The number of nitrogens with zero attached hydrogens (tertiary/aromatic N) is 2. The van der Waals surface area contributed by atoms with Gasteiger partial charge in [0.25, 0.3) is 0 Å². The Kier molecular flexibility index (Phi) is 2.76. The van der Waals surface area contributed by atoms with Crippen LogP contribution in [0.3, 0.4) is 0 Å². The minimum atomic E-state index is -3.77. The molecule has 2 aromatic rings. The van der Waals surface area contributed by atoms with Crippen LogP contribution in [0, 0.1) is 6.92 Å². The van der Waals surface area contributed by atoms with Gasteiger partial charge in [-0.25, -0.2) is 8.42 Å². The highest BCUT2D eigenvalue weighted by Crippen LogP contribution is 2.27. The van der Waals surface area contributed by atoms with E-state index in [0.717, 1.165) is 0 Å². The molecule has 0 unspecified atom stereocenters. The van der Waals surface area contributed by atoms with E-state index in [0.29, 0.717) is 11.4 Å². The van der Waals surface area contributed by atoms with Crippen LogP contribution in [-0.2, 0) is 10.0 Å². The second-order valence-corrected chi connectivity index (χ2v) is 5.04. The molecule has 0 fully saturated rings. The van der Waals surface area contributed by atoms with E-state index in [2.05, 4.69) is 9.88 Å². The summed E-state index contributed by atoms with van der Waals surface area (Å²) in [6, 6.07) is 7.21. The van der Waals surface area contributed by atoms with E-state index in [1.54, 1.807) is 6.92 Å². The zero-order valence-corrected chi connectivity index (χ0v) is 9.81. The van der Waals surface area contributed by atoms with Crippen molar-refractivity contribution >= 4 is 21.5 Å². The molecule has 1 aromatic heterocycles. The molecule has 0 radical (unpaired) electrons. The zero-order valence-electron chi connectivity index (χ0n) is 8.99. The first kappa shape index (κ1) is 11.5. The topological polar surface area (TPSA) is 100 Å². The Labute approximate surface area is 98.5 Å². The van der Waals surface area contributed by atoms with E-state index in [-0.39, 0.29) is 10.7 Å². The van der Waals surface area contributed by atoms with Crippen molar-refractivity contribution in [3.63, 3.8) is 0 Å². The van der Waals surface area contributed by atoms with Gasteiger partial charge in [-0.05, 0) is 43.1 Å². The highest BCUT2D eigenvalue weighted by atomic mass is 32.2. The van der Waals surface area contributed by atoms with Crippen LogP contribution in [0.15, 0.2) is 39.8 Å². The lowest BCUT2D eigenvalue weighted by atomic mass is 10.3. The summed E-state index contributed by atoms with van der Waals surface area (Å²) in [6.45, 7) is 1.65. The Balaban J connectivity index is 2.28. The summed E-state index contributed by atoms with van der Waals surface area (Å²) in [4.78, 5) is 0.0624. The van der Waals surface area contributed by atoms with Crippen molar-refractivity contribution in [2.45, 2.75) is 11.8 Å². The number of nitrogen functional groups attached to an aromatic ring is 1. The minimum absolute atomic E-state index is 0.0272. The van der Waals surface area contributed by atoms with Crippen LogP contribution in [0.4, 0.5) is 11.5 Å². The number of hydrogen-bond donors (Lipinski definition) is 1. The SMILES string of the molecule is Cc1cc([N-]S(=O)(=O)c2ccc(N)cc2)no1. The smallest absolute Gasteiger partial charge is 0.202 e. The Morgan fingerprint density at radius 2 is 1.94 bits per heavy atom. The van der Waals surface area contributed by atoms with E-state index in [1.807, 2.05) is 0 Å². The van der Waals surface area contributed by atoms with E-state index in [1.165, 1.54) is 30.3 Å². The Bertz CT molecular complexity index is 617. The normalized spacial score (nSPS) is 11.4. The van der Waals surface area contributed by atoms with Crippen molar-refractivity contribution in [3.05, 3.63) is 40.8 Å². The van der Waals surface area contributed by atoms with Crippen molar-refractivity contribution in [3.8, 4) is 0 Å². The van der Waals surface area contributed by atoms with Crippen LogP contribution in [-0.4, -0.2) is 13.6 Å². The molecule has 90 valence electrons. The maximum absolute atomic E-state index is 11.8. The van der Waals surface area contributed by atoms with Gasteiger partial charge < -0.3 is 15.0 Å². The van der Waals surface area contributed by atoms with Gasteiger partial charge in [-0.1, -0.05) is 0 Å². The summed E-state index contributed by atoms with van der Waals surface area (Å²) in [5.74, 6) is 0.524. The van der Waals surface area contributed by atoms with Gasteiger partial charge in [0.2, 0.25) is 10.0 Å². The van der Waals surface area contributed by atoms with E-state index in [9.17, 15) is 8.42 Å².